The normalized spacial score (nSPS) is 16.3. The number of amides is 1. The third kappa shape index (κ3) is 3.91. The first-order chi connectivity index (χ1) is 11.1. The number of rotatable bonds is 3. The van der Waals surface area contributed by atoms with E-state index >= 15 is 0 Å². The summed E-state index contributed by atoms with van der Waals surface area (Å²) in [4.78, 5) is 16.5. The van der Waals surface area contributed by atoms with Crippen molar-refractivity contribution in [3.05, 3.63) is 57.0 Å². The van der Waals surface area contributed by atoms with Crippen LogP contribution in [0.1, 0.15) is 22.3 Å². The monoisotopic (exact) mass is 352 g/mol. The Hall–Kier alpha value is -1.43. The van der Waals surface area contributed by atoms with E-state index in [2.05, 4.69) is 4.90 Å². The summed E-state index contributed by atoms with van der Waals surface area (Å²) in [5.41, 5.74) is 1.28. The van der Waals surface area contributed by atoms with Gasteiger partial charge in [-0.05, 0) is 30.0 Å². The molecule has 3 nitrogen and oxygen atoms in total. The van der Waals surface area contributed by atoms with E-state index in [1.54, 1.807) is 12.1 Å². The molecule has 0 aliphatic carbocycles. The van der Waals surface area contributed by atoms with Crippen LogP contribution in [0.25, 0.3) is 0 Å². The van der Waals surface area contributed by atoms with E-state index in [4.69, 9.17) is 11.6 Å². The van der Waals surface area contributed by atoms with Gasteiger partial charge in [0.05, 0.1) is 5.56 Å². The first-order valence-corrected chi connectivity index (χ1v) is 8.94. The maximum Gasteiger partial charge on any atom is 0.254 e. The van der Waals surface area contributed by atoms with Crippen molar-refractivity contribution in [3.8, 4) is 0 Å². The van der Waals surface area contributed by atoms with Gasteiger partial charge < -0.3 is 4.90 Å². The van der Waals surface area contributed by atoms with E-state index in [1.807, 2.05) is 21.7 Å². The lowest BCUT2D eigenvalue weighted by Crippen LogP contribution is -2.35. The molecule has 0 saturated carbocycles. The van der Waals surface area contributed by atoms with Crippen LogP contribution in [0.3, 0.4) is 0 Å². The maximum atomic E-state index is 13.9. The average Bonchev–Trinajstić information content (AvgIpc) is 2.97. The van der Waals surface area contributed by atoms with Crippen molar-refractivity contribution in [1.29, 1.82) is 0 Å². The second-order valence-corrected chi connectivity index (χ2v) is 6.82. The molecule has 0 radical (unpaired) electrons. The molecule has 1 fully saturated rings. The Balaban J connectivity index is 1.64. The van der Waals surface area contributed by atoms with Gasteiger partial charge in [-0.25, -0.2) is 4.39 Å². The first kappa shape index (κ1) is 16.4. The molecule has 0 atom stereocenters. The van der Waals surface area contributed by atoms with E-state index in [-0.39, 0.29) is 11.7 Å². The number of halogens is 2. The lowest BCUT2D eigenvalue weighted by Gasteiger charge is -2.22. The van der Waals surface area contributed by atoms with Crippen molar-refractivity contribution < 1.29 is 9.18 Å². The van der Waals surface area contributed by atoms with Crippen LogP contribution in [0.15, 0.2) is 35.0 Å². The second-order valence-electron chi connectivity index (χ2n) is 5.63. The third-order valence-electron chi connectivity index (χ3n) is 4.09. The highest BCUT2D eigenvalue weighted by molar-refractivity contribution is 7.08. The summed E-state index contributed by atoms with van der Waals surface area (Å²) in [5.74, 6) is -0.190. The predicted octanol–water partition coefficient (Wildman–Crippen LogP) is 3.89. The van der Waals surface area contributed by atoms with Gasteiger partial charge in [-0.2, -0.15) is 11.3 Å². The fourth-order valence-electron chi connectivity index (χ4n) is 2.81. The van der Waals surface area contributed by atoms with Gasteiger partial charge in [-0.1, -0.05) is 17.7 Å². The maximum absolute atomic E-state index is 13.9. The molecule has 6 heteroatoms. The molecule has 0 unspecified atom stereocenters. The largest absolute Gasteiger partial charge is 0.337 e. The lowest BCUT2D eigenvalue weighted by atomic mass is 10.2. The summed E-state index contributed by atoms with van der Waals surface area (Å²) in [7, 11) is 0. The molecular weight excluding hydrogens is 335 g/mol. The molecule has 1 aliphatic rings. The summed E-state index contributed by atoms with van der Waals surface area (Å²) in [5, 5.41) is 4.25. The highest BCUT2D eigenvalue weighted by atomic mass is 35.5. The van der Waals surface area contributed by atoms with Crippen molar-refractivity contribution in [2.24, 2.45) is 0 Å². The van der Waals surface area contributed by atoms with Crippen molar-refractivity contribution in [3.63, 3.8) is 0 Å². The summed E-state index contributed by atoms with van der Waals surface area (Å²) in [6.45, 7) is 3.42. The van der Waals surface area contributed by atoms with Crippen LogP contribution in [0.5, 0.6) is 0 Å². The van der Waals surface area contributed by atoms with Gasteiger partial charge in [0.1, 0.15) is 5.82 Å². The standard InChI is InChI=1S/C17H18ClFN2OS/c18-15-3-1-4-16(19)14(15)11-20-6-2-7-21(9-8-20)17(22)13-5-10-23-12-13/h1,3-5,10,12H,2,6-9,11H2. The second kappa shape index (κ2) is 7.43. The molecule has 2 aromatic rings. The van der Waals surface area contributed by atoms with Gasteiger partial charge in [0.25, 0.3) is 5.91 Å². The molecule has 0 N–H and O–H groups in total. The Morgan fingerprint density at radius 3 is 2.83 bits per heavy atom. The smallest absolute Gasteiger partial charge is 0.254 e. The minimum atomic E-state index is -0.270. The van der Waals surface area contributed by atoms with Gasteiger partial charge in [-0.15, -0.1) is 0 Å². The van der Waals surface area contributed by atoms with Crippen molar-refractivity contribution in [2.75, 3.05) is 26.2 Å². The lowest BCUT2D eigenvalue weighted by molar-refractivity contribution is 0.0761. The summed E-state index contributed by atoms with van der Waals surface area (Å²) in [6, 6.07) is 6.62. The van der Waals surface area contributed by atoms with Crippen LogP contribution < -0.4 is 0 Å². The number of benzene rings is 1. The summed E-state index contributed by atoms with van der Waals surface area (Å²) < 4.78 is 13.9. The van der Waals surface area contributed by atoms with Crippen molar-refractivity contribution >= 4 is 28.8 Å². The summed E-state index contributed by atoms with van der Waals surface area (Å²) >= 11 is 7.63. The van der Waals surface area contributed by atoms with Crippen LogP contribution in [0.2, 0.25) is 5.02 Å². The van der Waals surface area contributed by atoms with Crippen LogP contribution in [0.4, 0.5) is 4.39 Å². The third-order valence-corrected chi connectivity index (χ3v) is 5.12. The number of hydrogen-bond acceptors (Lipinski definition) is 3. The van der Waals surface area contributed by atoms with Crippen LogP contribution in [0, 0.1) is 5.82 Å². The molecule has 1 amide bonds. The van der Waals surface area contributed by atoms with Crippen molar-refractivity contribution in [1.82, 2.24) is 9.80 Å². The summed E-state index contributed by atoms with van der Waals surface area (Å²) in [6.07, 6.45) is 0.877. The van der Waals surface area contributed by atoms with Crippen molar-refractivity contribution in [2.45, 2.75) is 13.0 Å². The Bertz CT molecular complexity index is 657. The topological polar surface area (TPSA) is 23.6 Å². The molecule has 1 aromatic heterocycles. The highest BCUT2D eigenvalue weighted by Crippen LogP contribution is 2.21. The molecular formula is C17H18ClFN2OS. The molecule has 1 saturated heterocycles. The average molecular weight is 353 g/mol. The van der Waals surface area contributed by atoms with E-state index in [1.165, 1.54) is 17.4 Å². The zero-order valence-electron chi connectivity index (χ0n) is 12.7. The first-order valence-electron chi connectivity index (χ1n) is 7.62. The quantitative estimate of drug-likeness (QED) is 0.836. The van der Waals surface area contributed by atoms with E-state index in [0.717, 1.165) is 31.6 Å². The molecule has 0 bridgehead atoms. The van der Waals surface area contributed by atoms with Crippen LogP contribution in [-0.2, 0) is 6.54 Å². The zero-order valence-corrected chi connectivity index (χ0v) is 14.2. The van der Waals surface area contributed by atoms with E-state index in [0.29, 0.717) is 23.7 Å². The molecule has 122 valence electrons. The Morgan fingerprint density at radius 1 is 1.22 bits per heavy atom. The van der Waals surface area contributed by atoms with Crippen LogP contribution in [-0.4, -0.2) is 41.9 Å². The van der Waals surface area contributed by atoms with Gasteiger partial charge in [0, 0.05) is 48.7 Å². The zero-order chi connectivity index (χ0) is 16.2. The van der Waals surface area contributed by atoms with Gasteiger partial charge in [0.2, 0.25) is 0 Å². The minimum Gasteiger partial charge on any atom is -0.337 e. The fourth-order valence-corrected chi connectivity index (χ4v) is 3.66. The Morgan fingerprint density at radius 2 is 2.09 bits per heavy atom. The fraction of sp³-hybridized carbons (Fsp3) is 0.353. The van der Waals surface area contributed by atoms with Gasteiger partial charge in [0.15, 0.2) is 0 Å². The predicted molar refractivity (Wildman–Crippen MR) is 91.5 cm³/mol. The minimum absolute atomic E-state index is 0.0806. The molecule has 1 aromatic carbocycles. The number of nitrogens with zero attached hydrogens (tertiary/aromatic N) is 2. The van der Waals surface area contributed by atoms with E-state index in [9.17, 15) is 9.18 Å². The number of thiophene rings is 1. The Kier molecular flexibility index (Phi) is 5.30. The molecule has 2 heterocycles. The molecule has 1 aliphatic heterocycles. The molecule has 23 heavy (non-hydrogen) atoms. The number of carbonyl (C=O) groups excluding carboxylic acids is 1. The van der Waals surface area contributed by atoms with E-state index < -0.39 is 0 Å². The molecule has 0 spiro atoms. The van der Waals surface area contributed by atoms with Crippen LogP contribution >= 0.6 is 22.9 Å². The number of hydrogen-bond donors (Lipinski definition) is 0. The SMILES string of the molecule is O=C(c1ccsc1)N1CCCN(Cc2c(F)cccc2Cl)CC1. The highest BCUT2D eigenvalue weighted by Gasteiger charge is 2.21. The van der Waals surface area contributed by atoms with Gasteiger partial charge >= 0.3 is 0 Å². The molecule has 3 rings (SSSR count). The Labute approximate surface area is 144 Å². The van der Waals surface area contributed by atoms with Gasteiger partial charge in [-0.3, -0.25) is 9.69 Å². The number of carbonyl (C=O) groups is 1.